The molecule has 1 aliphatic heterocycles. The van der Waals surface area contributed by atoms with Crippen LogP contribution in [0.1, 0.15) is 16.1 Å². The van der Waals surface area contributed by atoms with E-state index in [0.717, 1.165) is 18.5 Å². The molecule has 1 aromatic heterocycles. The van der Waals surface area contributed by atoms with E-state index < -0.39 is 11.7 Å². The molecule has 2 heterocycles. The number of rotatable bonds is 4. The maximum absolute atomic E-state index is 12.6. The van der Waals surface area contributed by atoms with Crippen LogP contribution in [0.15, 0.2) is 42.6 Å². The lowest BCUT2D eigenvalue weighted by atomic mass is 10.2. The summed E-state index contributed by atoms with van der Waals surface area (Å²) < 4.78 is 37.7. The Balaban J connectivity index is 1.62. The fraction of sp³-hybridized carbons (Fsp3) is 0.278. The molecule has 1 aromatic carbocycles. The molecule has 0 saturated carbocycles. The molecular formula is C18H17F3N4O2. The molecule has 3 rings (SSSR count). The molecule has 0 unspecified atom stereocenters. The van der Waals surface area contributed by atoms with Crippen LogP contribution in [0, 0.1) is 0 Å². The summed E-state index contributed by atoms with van der Waals surface area (Å²) in [7, 11) is 0. The minimum Gasteiger partial charge on any atom is -0.354 e. The van der Waals surface area contributed by atoms with Gasteiger partial charge < -0.3 is 15.1 Å². The summed E-state index contributed by atoms with van der Waals surface area (Å²) in [4.78, 5) is 30.5. The number of aromatic nitrogens is 1. The van der Waals surface area contributed by atoms with E-state index in [0.29, 0.717) is 37.6 Å². The largest absolute Gasteiger partial charge is 0.416 e. The lowest BCUT2D eigenvalue weighted by Crippen LogP contribution is -2.48. The molecule has 142 valence electrons. The second kappa shape index (κ2) is 7.65. The summed E-state index contributed by atoms with van der Waals surface area (Å²) in [6, 6.07) is 7.84. The molecule has 6 nitrogen and oxygen atoms in total. The van der Waals surface area contributed by atoms with Gasteiger partial charge in [-0.3, -0.25) is 9.59 Å². The number of nitrogens with zero attached hydrogens (tertiary/aromatic N) is 3. The van der Waals surface area contributed by atoms with Gasteiger partial charge in [0.15, 0.2) is 0 Å². The van der Waals surface area contributed by atoms with Gasteiger partial charge in [-0.1, -0.05) is 0 Å². The van der Waals surface area contributed by atoms with Crippen molar-refractivity contribution in [1.29, 1.82) is 0 Å². The lowest BCUT2D eigenvalue weighted by Gasteiger charge is -2.32. The van der Waals surface area contributed by atoms with Crippen LogP contribution in [-0.4, -0.2) is 53.3 Å². The Kier molecular flexibility index (Phi) is 5.29. The van der Waals surface area contributed by atoms with Crippen LogP contribution >= 0.6 is 0 Å². The van der Waals surface area contributed by atoms with Crippen molar-refractivity contribution in [2.75, 3.05) is 31.5 Å². The van der Waals surface area contributed by atoms with Crippen LogP contribution in [0.5, 0.6) is 0 Å². The molecule has 9 heteroatoms. The number of nitrogens with one attached hydrogen (secondary N) is 1. The standard InChI is InChI=1S/C18H17F3N4O2/c19-18(20,21)13-1-3-14(4-2-13)23-15-5-6-16(22-11-15)17(27)25-9-7-24(12-26)8-10-25/h1-6,11-12,23H,7-10H2. The van der Waals surface area contributed by atoms with Crippen molar-refractivity contribution in [3.63, 3.8) is 0 Å². The van der Waals surface area contributed by atoms with Crippen LogP contribution < -0.4 is 5.32 Å². The molecule has 0 spiro atoms. The van der Waals surface area contributed by atoms with Crippen LogP contribution in [0.3, 0.4) is 0 Å². The van der Waals surface area contributed by atoms with E-state index in [-0.39, 0.29) is 11.6 Å². The Hall–Kier alpha value is -3.10. The smallest absolute Gasteiger partial charge is 0.354 e. The number of anilines is 2. The number of carbonyl (C=O) groups is 2. The van der Waals surface area contributed by atoms with Gasteiger partial charge in [0, 0.05) is 31.9 Å². The second-order valence-corrected chi connectivity index (χ2v) is 6.07. The van der Waals surface area contributed by atoms with Crippen molar-refractivity contribution in [1.82, 2.24) is 14.8 Å². The zero-order valence-electron chi connectivity index (χ0n) is 14.2. The van der Waals surface area contributed by atoms with Crippen molar-refractivity contribution in [2.45, 2.75) is 6.18 Å². The molecule has 27 heavy (non-hydrogen) atoms. The average molecular weight is 378 g/mol. The summed E-state index contributed by atoms with van der Waals surface area (Å²) >= 11 is 0. The third kappa shape index (κ3) is 4.55. The molecular weight excluding hydrogens is 361 g/mol. The highest BCUT2D eigenvalue weighted by Gasteiger charge is 2.30. The first-order chi connectivity index (χ1) is 12.9. The van der Waals surface area contributed by atoms with Gasteiger partial charge >= 0.3 is 6.18 Å². The number of carbonyl (C=O) groups excluding carboxylic acids is 2. The van der Waals surface area contributed by atoms with Crippen LogP contribution in [0.4, 0.5) is 24.5 Å². The first kappa shape index (κ1) is 18.7. The highest BCUT2D eigenvalue weighted by molar-refractivity contribution is 5.92. The Morgan fingerprint density at radius 2 is 1.63 bits per heavy atom. The van der Waals surface area contributed by atoms with Gasteiger partial charge in [0.25, 0.3) is 5.91 Å². The molecule has 1 N–H and O–H groups in total. The number of alkyl halides is 3. The van der Waals surface area contributed by atoms with Crippen molar-refractivity contribution in [2.24, 2.45) is 0 Å². The molecule has 0 atom stereocenters. The molecule has 1 saturated heterocycles. The summed E-state index contributed by atoms with van der Waals surface area (Å²) in [6.45, 7) is 1.88. The zero-order valence-corrected chi connectivity index (χ0v) is 14.2. The Morgan fingerprint density at radius 1 is 1.00 bits per heavy atom. The molecule has 1 fully saturated rings. The van der Waals surface area contributed by atoms with Gasteiger partial charge in [0.2, 0.25) is 6.41 Å². The normalized spacial score (nSPS) is 14.8. The first-order valence-corrected chi connectivity index (χ1v) is 8.26. The highest BCUT2D eigenvalue weighted by Crippen LogP contribution is 2.30. The summed E-state index contributed by atoms with van der Waals surface area (Å²) in [5, 5.41) is 2.94. The van der Waals surface area contributed by atoms with E-state index in [9.17, 15) is 22.8 Å². The number of amides is 2. The Morgan fingerprint density at radius 3 is 2.15 bits per heavy atom. The van der Waals surface area contributed by atoms with Crippen LogP contribution in [0.2, 0.25) is 0 Å². The lowest BCUT2D eigenvalue weighted by molar-refractivity contribution is -0.137. The number of hydrogen-bond acceptors (Lipinski definition) is 4. The van der Waals surface area contributed by atoms with Crippen molar-refractivity contribution < 1.29 is 22.8 Å². The number of pyridine rings is 1. The van der Waals surface area contributed by atoms with E-state index in [1.165, 1.54) is 18.3 Å². The van der Waals surface area contributed by atoms with E-state index >= 15 is 0 Å². The van der Waals surface area contributed by atoms with Gasteiger partial charge in [-0.05, 0) is 36.4 Å². The quantitative estimate of drug-likeness (QED) is 0.831. The number of piperazine rings is 1. The molecule has 2 aromatic rings. The molecule has 0 bridgehead atoms. The van der Waals surface area contributed by atoms with Gasteiger partial charge in [-0.15, -0.1) is 0 Å². The van der Waals surface area contributed by atoms with Crippen molar-refractivity contribution >= 4 is 23.7 Å². The maximum atomic E-state index is 12.6. The van der Waals surface area contributed by atoms with E-state index in [1.54, 1.807) is 21.9 Å². The SMILES string of the molecule is O=CN1CCN(C(=O)c2ccc(Nc3ccc(C(F)(F)F)cc3)cn2)CC1. The topological polar surface area (TPSA) is 65.5 Å². The predicted molar refractivity (Wildman–Crippen MR) is 92.5 cm³/mol. The number of halogens is 3. The van der Waals surface area contributed by atoms with Crippen molar-refractivity contribution in [3.05, 3.63) is 53.9 Å². The zero-order chi connectivity index (χ0) is 19.4. The molecule has 1 aliphatic rings. The molecule has 2 amide bonds. The van der Waals surface area contributed by atoms with Crippen LogP contribution in [-0.2, 0) is 11.0 Å². The molecule has 0 aliphatic carbocycles. The number of hydrogen-bond donors (Lipinski definition) is 1. The monoisotopic (exact) mass is 378 g/mol. The summed E-state index contributed by atoms with van der Waals surface area (Å²) in [5.41, 5.74) is 0.584. The fourth-order valence-corrected chi connectivity index (χ4v) is 2.70. The summed E-state index contributed by atoms with van der Waals surface area (Å²) in [6.07, 6.45) is -2.16. The minimum atomic E-state index is -4.38. The highest BCUT2D eigenvalue weighted by atomic mass is 19.4. The predicted octanol–water partition coefficient (Wildman–Crippen LogP) is 2.76. The van der Waals surface area contributed by atoms with Gasteiger partial charge in [-0.2, -0.15) is 13.2 Å². The average Bonchev–Trinajstić information content (AvgIpc) is 2.68. The Bertz CT molecular complexity index is 799. The molecule has 0 radical (unpaired) electrons. The van der Waals surface area contributed by atoms with Crippen LogP contribution in [0.25, 0.3) is 0 Å². The Labute approximate surface area is 153 Å². The van der Waals surface area contributed by atoms with Gasteiger partial charge in [0.1, 0.15) is 5.69 Å². The first-order valence-electron chi connectivity index (χ1n) is 8.26. The number of benzene rings is 1. The van der Waals surface area contributed by atoms with Gasteiger partial charge in [0.05, 0.1) is 17.4 Å². The minimum absolute atomic E-state index is 0.221. The second-order valence-electron chi connectivity index (χ2n) is 6.07. The van der Waals surface area contributed by atoms with E-state index in [2.05, 4.69) is 10.3 Å². The third-order valence-electron chi connectivity index (χ3n) is 4.23. The fourth-order valence-electron chi connectivity index (χ4n) is 2.70. The van der Waals surface area contributed by atoms with Crippen molar-refractivity contribution in [3.8, 4) is 0 Å². The van der Waals surface area contributed by atoms with E-state index in [4.69, 9.17) is 0 Å². The van der Waals surface area contributed by atoms with E-state index in [1.807, 2.05) is 0 Å². The van der Waals surface area contributed by atoms with Gasteiger partial charge in [-0.25, -0.2) is 4.98 Å². The summed E-state index contributed by atoms with van der Waals surface area (Å²) in [5.74, 6) is -0.221. The third-order valence-corrected chi connectivity index (χ3v) is 4.23. The maximum Gasteiger partial charge on any atom is 0.416 e.